The Hall–Kier alpha value is -3.78. The lowest BCUT2D eigenvalue weighted by atomic mass is 10.1. The summed E-state index contributed by atoms with van der Waals surface area (Å²) in [5.41, 5.74) is 1.82. The van der Waals surface area contributed by atoms with E-state index in [1.54, 1.807) is 35.3 Å². The molecule has 156 valence electrons. The number of anilines is 1. The molecule has 7 nitrogen and oxygen atoms in total. The highest BCUT2D eigenvalue weighted by Crippen LogP contribution is 2.12. The number of nitrogens with zero attached hydrogens (tertiary/aromatic N) is 3. The van der Waals surface area contributed by atoms with E-state index < -0.39 is 6.04 Å². The third-order valence-electron chi connectivity index (χ3n) is 4.59. The maximum atomic E-state index is 13.0. The van der Waals surface area contributed by atoms with Crippen LogP contribution in [0.2, 0.25) is 0 Å². The highest BCUT2D eigenvalue weighted by molar-refractivity contribution is 7.12. The number of amides is 2. The van der Waals surface area contributed by atoms with Crippen LogP contribution in [0.3, 0.4) is 0 Å². The molecule has 2 amide bonds. The first-order valence-electron chi connectivity index (χ1n) is 9.80. The zero-order valence-corrected chi connectivity index (χ0v) is 17.5. The van der Waals surface area contributed by atoms with Gasteiger partial charge in [-0.2, -0.15) is 5.10 Å². The van der Waals surface area contributed by atoms with E-state index in [0.717, 1.165) is 11.3 Å². The molecule has 4 aromatic rings. The van der Waals surface area contributed by atoms with Crippen molar-refractivity contribution in [2.45, 2.75) is 19.0 Å². The maximum absolute atomic E-state index is 13.0. The number of pyridine rings is 1. The molecule has 3 heterocycles. The maximum Gasteiger partial charge on any atom is 0.262 e. The van der Waals surface area contributed by atoms with Crippen LogP contribution in [0, 0.1) is 0 Å². The third kappa shape index (κ3) is 5.64. The lowest BCUT2D eigenvalue weighted by molar-refractivity contribution is -0.118. The van der Waals surface area contributed by atoms with Gasteiger partial charge in [-0.3, -0.25) is 19.3 Å². The average Bonchev–Trinajstić information content (AvgIpc) is 3.47. The number of aromatic nitrogens is 3. The van der Waals surface area contributed by atoms with Crippen LogP contribution in [0.1, 0.15) is 20.9 Å². The minimum Gasteiger partial charge on any atom is -0.339 e. The number of thiophene rings is 1. The van der Waals surface area contributed by atoms with Crippen LogP contribution < -0.4 is 10.6 Å². The first-order valence-corrected chi connectivity index (χ1v) is 10.7. The van der Waals surface area contributed by atoms with Crippen LogP contribution >= 0.6 is 11.3 Å². The fourth-order valence-electron chi connectivity index (χ4n) is 3.08. The summed E-state index contributed by atoms with van der Waals surface area (Å²) in [5, 5.41) is 11.9. The standard InChI is InChI=1S/C23H21N5O2S/c29-22(26-21-11-13-28(27-21)16-18-9-4-5-12-24-18)19(15-17-7-2-1-3-8-17)25-23(30)20-10-6-14-31-20/h1-14,19H,15-16H2,(H,25,30)(H,26,27,29). The number of hydrogen-bond acceptors (Lipinski definition) is 5. The van der Waals surface area contributed by atoms with Gasteiger partial charge in [-0.15, -0.1) is 11.3 Å². The van der Waals surface area contributed by atoms with E-state index in [2.05, 4.69) is 20.7 Å². The Morgan fingerprint density at radius 1 is 1.00 bits per heavy atom. The summed E-state index contributed by atoms with van der Waals surface area (Å²) in [6.07, 6.45) is 3.88. The molecule has 1 aromatic carbocycles. The fraction of sp³-hybridized carbons (Fsp3) is 0.130. The van der Waals surface area contributed by atoms with Crippen molar-refractivity contribution < 1.29 is 9.59 Å². The molecule has 1 atom stereocenters. The number of hydrogen-bond donors (Lipinski definition) is 2. The summed E-state index contributed by atoms with van der Waals surface area (Å²) in [6, 6.07) is 19.8. The second kappa shape index (κ2) is 9.82. The van der Waals surface area contributed by atoms with Crippen LogP contribution in [-0.4, -0.2) is 32.6 Å². The molecule has 3 aromatic heterocycles. The van der Waals surface area contributed by atoms with Gasteiger partial charge in [0.1, 0.15) is 6.04 Å². The highest BCUT2D eigenvalue weighted by atomic mass is 32.1. The van der Waals surface area contributed by atoms with E-state index in [1.807, 2.05) is 53.9 Å². The normalized spacial score (nSPS) is 11.6. The van der Waals surface area contributed by atoms with Crippen molar-refractivity contribution >= 4 is 29.0 Å². The summed E-state index contributed by atoms with van der Waals surface area (Å²) < 4.78 is 1.70. The summed E-state index contributed by atoms with van der Waals surface area (Å²) in [4.78, 5) is 30.4. The SMILES string of the molecule is O=C(NC(Cc1ccccc1)C(=O)Nc1ccn(Cc2ccccn2)n1)c1cccs1. The lowest BCUT2D eigenvalue weighted by Crippen LogP contribution is -2.45. The number of benzene rings is 1. The number of rotatable bonds is 8. The van der Waals surface area contributed by atoms with Crippen molar-refractivity contribution in [1.29, 1.82) is 0 Å². The molecule has 8 heteroatoms. The summed E-state index contributed by atoms with van der Waals surface area (Å²) in [5.74, 6) is -0.173. The van der Waals surface area contributed by atoms with Crippen molar-refractivity contribution in [2.24, 2.45) is 0 Å². The lowest BCUT2D eigenvalue weighted by Gasteiger charge is -2.17. The second-order valence-corrected chi connectivity index (χ2v) is 7.85. The molecular formula is C23H21N5O2S. The van der Waals surface area contributed by atoms with Crippen molar-refractivity contribution in [3.05, 3.63) is 101 Å². The van der Waals surface area contributed by atoms with Crippen molar-refractivity contribution in [3.63, 3.8) is 0 Å². The van der Waals surface area contributed by atoms with E-state index >= 15 is 0 Å². The van der Waals surface area contributed by atoms with Crippen LogP contribution in [0.25, 0.3) is 0 Å². The molecule has 0 spiro atoms. The number of carbonyl (C=O) groups is 2. The van der Waals surface area contributed by atoms with Gasteiger partial charge in [-0.05, 0) is 29.1 Å². The minimum absolute atomic E-state index is 0.272. The number of nitrogens with one attached hydrogen (secondary N) is 2. The van der Waals surface area contributed by atoms with Gasteiger partial charge in [-0.1, -0.05) is 42.5 Å². The second-order valence-electron chi connectivity index (χ2n) is 6.90. The van der Waals surface area contributed by atoms with Crippen molar-refractivity contribution in [3.8, 4) is 0 Å². The Balaban J connectivity index is 1.45. The molecule has 0 fully saturated rings. The van der Waals surface area contributed by atoms with E-state index in [0.29, 0.717) is 23.7 Å². The first-order chi connectivity index (χ1) is 15.2. The highest BCUT2D eigenvalue weighted by Gasteiger charge is 2.23. The molecule has 31 heavy (non-hydrogen) atoms. The Labute approximate surface area is 183 Å². The summed E-state index contributed by atoms with van der Waals surface area (Å²) >= 11 is 1.33. The fourth-order valence-corrected chi connectivity index (χ4v) is 3.71. The monoisotopic (exact) mass is 431 g/mol. The molecule has 0 saturated heterocycles. The van der Waals surface area contributed by atoms with Gasteiger partial charge >= 0.3 is 0 Å². The molecule has 0 saturated carbocycles. The van der Waals surface area contributed by atoms with Crippen molar-refractivity contribution in [1.82, 2.24) is 20.1 Å². The minimum atomic E-state index is -0.738. The Bertz CT molecular complexity index is 1130. The zero-order valence-electron chi connectivity index (χ0n) is 16.6. The Kier molecular flexibility index (Phi) is 6.49. The zero-order chi connectivity index (χ0) is 21.5. The van der Waals surface area contributed by atoms with E-state index in [4.69, 9.17) is 0 Å². The van der Waals surface area contributed by atoms with Gasteiger partial charge in [0.25, 0.3) is 5.91 Å². The molecule has 0 bridgehead atoms. The van der Waals surface area contributed by atoms with Gasteiger partial charge in [0, 0.05) is 24.9 Å². The van der Waals surface area contributed by atoms with Crippen LogP contribution in [0.15, 0.2) is 84.5 Å². The van der Waals surface area contributed by atoms with Crippen LogP contribution in [0.5, 0.6) is 0 Å². The molecule has 0 aliphatic carbocycles. The molecule has 4 rings (SSSR count). The first kappa shape index (κ1) is 20.5. The van der Waals surface area contributed by atoms with Crippen LogP contribution in [0.4, 0.5) is 5.82 Å². The topological polar surface area (TPSA) is 88.9 Å². The third-order valence-corrected chi connectivity index (χ3v) is 5.46. The molecule has 2 N–H and O–H groups in total. The van der Waals surface area contributed by atoms with Crippen LogP contribution in [-0.2, 0) is 17.8 Å². The molecule has 0 aliphatic heterocycles. The van der Waals surface area contributed by atoms with Gasteiger partial charge in [0.05, 0.1) is 17.1 Å². The average molecular weight is 432 g/mol. The quantitative estimate of drug-likeness (QED) is 0.448. The number of carbonyl (C=O) groups excluding carboxylic acids is 2. The van der Waals surface area contributed by atoms with Gasteiger partial charge < -0.3 is 10.6 Å². The molecule has 0 radical (unpaired) electrons. The predicted octanol–water partition coefficient (Wildman–Crippen LogP) is 3.37. The molecular weight excluding hydrogens is 410 g/mol. The smallest absolute Gasteiger partial charge is 0.262 e. The largest absolute Gasteiger partial charge is 0.339 e. The van der Waals surface area contributed by atoms with Gasteiger partial charge in [0.15, 0.2) is 5.82 Å². The van der Waals surface area contributed by atoms with Gasteiger partial charge in [-0.25, -0.2) is 0 Å². The Morgan fingerprint density at radius 2 is 1.84 bits per heavy atom. The van der Waals surface area contributed by atoms with E-state index in [-0.39, 0.29) is 11.8 Å². The predicted molar refractivity (Wildman–Crippen MR) is 120 cm³/mol. The molecule has 0 aliphatic rings. The Morgan fingerprint density at radius 3 is 2.58 bits per heavy atom. The van der Waals surface area contributed by atoms with Crippen molar-refractivity contribution in [2.75, 3.05) is 5.32 Å². The van der Waals surface area contributed by atoms with E-state index in [9.17, 15) is 9.59 Å². The van der Waals surface area contributed by atoms with E-state index in [1.165, 1.54) is 11.3 Å². The summed E-state index contributed by atoms with van der Waals surface area (Å²) in [6.45, 7) is 0.499. The van der Waals surface area contributed by atoms with Gasteiger partial charge in [0.2, 0.25) is 5.91 Å². The molecule has 1 unspecified atom stereocenters. The summed E-state index contributed by atoms with van der Waals surface area (Å²) in [7, 11) is 0.